The summed E-state index contributed by atoms with van der Waals surface area (Å²) in [7, 11) is -2.46. The van der Waals surface area contributed by atoms with Gasteiger partial charge in [-0.25, -0.2) is 0 Å². The maximum absolute atomic E-state index is 9.85. The topological polar surface area (TPSA) is 88.4 Å². The van der Waals surface area contributed by atoms with Crippen molar-refractivity contribution in [2.75, 3.05) is 19.8 Å². The van der Waals surface area contributed by atoms with E-state index in [4.69, 9.17) is 23.6 Å². The van der Waals surface area contributed by atoms with Crippen LogP contribution in [-0.4, -0.2) is 40.7 Å². The molecule has 0 aliphatic carbocycles. The normalized spacial score (nSPS) is 12.7. The minimum atomic E-state index is -2.36. The number of unbranched alkanes of at least 4 members (excludes halogenated alkanes) is 30. The first kappa shape index (κ1) is 52.7. The Morgan fingerprint density at radius 1 is 0.460 bits per heavy atom. The van der Waals surface area contributed by atoms with Crippen LogP contribution in [0, 0.1) is 5.41 Å². The van der Waals surface area contributed by atoms with Crippen molar-refractivity contribution in [3.05, 3.63) is 0 Å². The summed E-state index contributed by atoms with van der Waals surface area (Å²) in [6.45, 7) is 11.7. The van der Waals surface area contributed by atoms with Crippen molar-refractivity contribution in [3.8, 4) is 0 Å². The van der Waals surface area contributed by atoms with E-state index in [2.05, 4.69) is 20.8 Å². The number of ether oxygens (including phenoxy) is 1. The molecule has 0 aromatic carbocycles. The third-order valence-electron chi connectivity index (χ3n) is 9.44. The second-order valence-corrected chi connectivity index (χ2v) is 17.4. The van der Waals surface area contributed by atoms with Gasteiger partial charge in [-0.3, -0.25) is 0 Å². The highest BCUT2D eigenvalue weighted by molar-refractivity contribution is 7.39. The van der Waals surface area contributed by atoms with Crippen LogP contribution in [0.5, 0.6) is 0 Å². The van der Waals surface area contributed by atoms with Crippen molar-refractivity contribution < 1.29 is 28.7 Å². The lowest BCUT2D eigenvalue weighted by Crippen LogP contribution is -2.27. The molecule has 0 heterocycles. The van der Waals surface area contributed by atoms with Gasteiger partial charge in [-0.2, -0.15) is 0 Å². The molecule has 0 amide bonds. The summed E-state index contributed by atoms with van der Waals surface area (Å²) >= 11 is 0. The Kier molecular flexibility index (Phi) is 46.4. The van der Waals surface area contributed by atoms with Gasteiger partial charge in [-0.1, -0.05) is 234 Å². The molecular formula is C42H90O6P2. The quantitative estimate of drug-likeness (QED) is 0.0328. The molecule has 0 aromatic heterocycles. The van der Waals surface area contributed by atoms with Crippen LogP contribution < -0.4 is 0 Å². The van der Waals surface area contributed by atoms with E-state index in [1.54, 1.807) is 0 Å². The minimum absolute atomic E-state index is 0.102. The predicted molar refractivity (Wildman–Crippen MR) is 222 cm³/mol. The molecule has 304 valence electrons. The first-order chi connectivity index (χ1) is 24.3. The van der Waals surface area contributed by atoms with Gasteiger partial charge in [-0.05, 0) is 6.42 Å². The van der Waals surface area contributed by atoms with Crippen LogP contribution in [0.25, 0.3) is 0 Å². The number of rotatable bonds is 40. The van der Waals surface area contributed by atoms with E-state index >= 15 is 0 Å². The van der Waals surface area contributed by atoms with Gasteiger partial charge in [0, 0.05) is 5.41 Å². The lowest BCUT2D eigenvalue weighted by Gasteiger charge is -2.25. The van der Waals surface area contributed by atoms with Crippen molar-refractivity contribution in [1.29, 1.82) is 0 Å². The summed E-state index contributed by atoms with van der Waals surface area (Å²) in [4.78, 5) is 17.6. The van der Waals surface area contributed by atoms with Gasteiger partial charge >= 0.3 is 8.60 Å². The second-order valence-electron chi connectivity index (χ2n) is 15.6. The zero-order valence-corrected chi connectivity index (χ0v) is 36.2. The summed E-state index contributed by atoms with van der Waals surface area (Å²) in [5, 5.41) is 9.85. The summed E-state index contributed by atoms with van der Waals surface area (Å²) in [6, 6.07) is -0.944. The molecule has 0 aliphatic rings. The van der Waals surface area contributed by atoms with Crippen molar-refractivity contribution in [2.24, 2.45) is 5.41 Å². The van der Waals surface area contributed by atoms with E-state index in [9.17, 15) is 5.11 Å². The van der Waals surface area contributed by atoms with Crippen LogP contribution in [0.4, 0.5) is 0 Å². The van der Waals surface area contributed by atoms with Crippen molar-refractivity contribution in [3.63, 3.8) is 0 Å². The second kappa shape index (κ2) is 44.0. The van der Waals surface area contributed by atoms with Gasteiger partial charge in [-0.15, -0.1) is 0 Å². The average Bonchev–Trinajstić information content (AvgIpc) is 3.10. The van der Waals surface area contributed by atoms with Crippen molar-refractivity contribution in [2.45, 2.75) is 246 Å². The Balaban J connectivity index is 0. The van der Waals surface area contributed by atoms with Crippen LogP contribution in [0.3, 0.4) is 0 Å². The van der Waals surface area contributed by atoms with Crippen molar-refractivity contribution >= 4 is 17.4 Å². The Bertz CT molecular complexity index is 595. The van der Waals surface area contributed by atoms with Crippen LogP contribution >= 0.6 is 17.4 Å². The molecule has 0 radical (unpaired) electrons. The molecule has 2 unspecified atom stereocenters. The first-order valence-electron chi connectivity index (χ1n) is 21.8. The zero-order chi connectivity index (χ0) is 37.2. The van der Waals surface area contributed by atoms with E-state index in [0.29, 0.717) is 6.61 Å². The van der Waals surface area contributed by atoms with Crippen LogP contribution in [0.1, 0.15) is 240 Å². The first-order valence-corrected chi connectivity index (χ1v) is 23.9. The minimum Gasteiger partial charge on any atom is -0.363 e. The van der Waals surface area contributed by atoms with Crippen molar-refractivity contribution in [1.82, 2.24) is 0 Å². The fourth-order valence-corrected chi connectivity index (χ4v) is 7.11. The molecule has 3 N–H and O–H groups in total. The third kappa shape index (κ3) is 48.6. The van der Waals surface area contributed by atoms with Gasteiger partial charge in [0.1, 0.15) is 0 Å². The Hall–Kier alpha value is 0.620. The summed E-state index contributed by atoms with van der Waals surface area (Å²) in [6.07, 6.45) is 45.0. The number of aliphatic hydroxyl groups excluding tert-OH is 1. The molecule has 2 atom stereocenters. The van der Waals surface area contributed by atoms with E-state index in [1.165, 1.54) is 199 Å². The fraction of sp³-hybridized carbons (Fsp3) is 1.00. The lowest BCUT2D eigenvalue weighted by atomic mass is 9.97. The SMILES string of the molecule is CCCCCCCCCCCCCCCCCC.CCCCCCCCCCCCCCCCCCOPC(O)OCC(C)(C)COP(O)O. The van der Waals surface area contributed by atoms with Gasteiger partial charge in [0.05, 0.1) is 28.6 Å². The maximum Gasteiger partial charge on any atom is 0.327 e. The Labute approximate surface area is 316 Å². The molecule has 0 aliphatic heterocycles. The number of aliphatic hydroxyl groups is 1. The monoisotopic (exact) mass is 753 g/mol. The summed E-state index contributed by atoms with van der Waals surface area (Å²) in [5.41, 5.74) is -0.411. The van der Waals surface area contributed by atoms with E-state index < -0.39 is 20.0 Å². The van der Waals surface area contributed by atoms with Crippen LogP contribution in [0.2, 0.25) is 0 Å². The molecule has 8 heteroatoms. The molecular weight excluding hydrogens is 662 g/mol. The maximum atomic E-state index is 9.85. The van der Waals surface area contributed by atoms with Gasteiger partial charge in [0.25, 0.3) is 0 Å². The van der Waals surface area contributed by atoms with E-state index in [0.717, 1.165) is 6.42 Å². The highest BCUT2D eigenvalue weighted by Gasteiger charge is 2.22. The standard InChI is InChI=1S/C24H52O6P2.C18H38/c1-4-5-6-7-8-9-10-11-12-13-14-15-16-17-18-19-20-29-31-23(25)28-21-24(2,3)22-30-32(26)27;1-3-5-7-9-11-13-15-17-18-16-14-12-10-8-6-4-2/h23,25-27,31H,4-22H2,1-3H3;3-18H2,1-2H3. The fourth-order valence-electron chi connectivity index (χ4n) is 6.09. The van der Waals surface area contributed by atoms with Gasteiger partial charge < -0.3 is 28.7 Å². The molecule has 50 heavy (non-hydrogen) atoms. The number of hydrogen-bond donors (Lipinski definition) is 3. The van der Waals surface area contributed by atoms with Gasteiger partial charge in [0.2, 0.25) is 0 Å². The lowest BCUT2D eigenvalue weighted by molar-refractivity contribution is -0.0765. The van der Waals surface area contributed by atoms with Crippen LogP contribution in [-0.2, 0) is 13.8 Å². The molecule has 6 nitrogen and oxygen atoms in total. The summed E-state index contributed by atoms with van der Waals surface area (Å²) in [5.74, 6) is 0. The van der Waals surface area contributed by atoms with Crippen LogP contribution in [0.15, 0.2) is 0 Å². The number of hydrogen-bond acceptors (Lipinski definition) is 6. The third-order valence-corrected chi connectivity index (χ3v) is 10.5. The molecule has 0 fully saturated rings. The molecule has 0 saturated carbocycles. The average molecular weight is 753 g/mol. The Morgan fingerprint density at radius 3 is 1.02 bits per heavy atom. The van der Waals surface area contributed by atoms with E-state index in [1.807, 2.05) is 13.8 Å². The molecule has 0 spiro atoms. The zero-order valence-electron chi connectivity index (χ0n) is 34.3. The molecule has 0 saturated heterocycles. The highest BCUT2D eigenvalue weighted by atomic mass is 31.2. The Morgan fingerprint density at radius 2 is 0.740 bits per heavy atom. The van der Waals surface area contributed by atoms with Gasteiger partial charge in [0.15, 0.2) is 6.03 Å². The molecule has 0 aromatic rings. The highest BCUT2D eigenvalue weighted by Crippen LogP contribution is 2.30. The predicted octanol–water partition coefficient (Wildman–Crippen LogP) is 14.7. The smallest absolute Gasteiger partial charge is 0.327 e. The molecule has 0 rings (SSSR count). The largest absolute Gasteiger partial charge is 0.363 e. The molecule has 0 bridgehead atoms. The van der Waals surface area contributed by atoms with E-state index in [-0.39, 0.29) is 22.0 Å². The summed E-state index contributed by atoms with van der Waals surface area (Å²) < 4.78 is 15.7.